The zero-order valence-electron chi connectivity index (χ0n) is 16.2. The minimum absolute atomic E-state index is 0.0312. The van der Waals surface area contributed by atoms with Crippen LogP contribution in [0.4, 0.5) is 0 Å². The molecule has 150 valence electrons. The summed E-state index contributed by atoms with van der Waals surface area (Å²) in [6, 6.07) is 5.15. The Balaban J connectivity index is 2.07. The Morgan fingerprint density at radius 1 is 1.32 bits per heavy atom. The summed E-state index contributed by atoms with van der Waals surface area (Å²) >= 11 is 6.42. The molecule has 1 aromatic carbocycles. The number of methoxy groups -OCH3 is 1. The van der Waals surface area contributed by atoms with Crippen LogP contribution in [0.5, 0.6) is 5.75 Å². The van der Waals surface area contributed by atoms with Crippen LogP contribution in [-0.4, -0.2) is 36.0 Å². The van der Waals surface area contributed by atoms with Crippen molar-refractivity contribution >= 4 is 17.6 Å². The van der Waals surface area contributed by atoms with Crippen molar-refractivity contribution in [1.29, 1.82) is 0 Å². The molecule has 1 N–H and O–H groups in total. The smallest absolute Gasteiger partial charge is 0.341 e. The van der Waals surface area contributed by atoms with E-state index in [1.807, 2.05) is 10.6 Å². The van der Waals surface area contributed by atoms with Gasteiger partial charge in [0.1, 0.15) is 11.3 Å². The van der Waals surface area contributed by atoms with Crippen molar-refractivity contribution < 1.29 is 19.4 Å². The van der Waals surface area contributed by atoms with Crippen LogP contribution < -0.4 is 10.2 Å². The van der Waals surface area contributed by atoms with E-state index in [1.54, 1.807) is 13.2 Å². The first-order valence-corrected chi connectivity index (χ1v) is 9.65. The molecule has 1 atom stereocenters. The molecule has 0 aliphatic carbocycles. The van der Waals surface area contributed by atoms with Gasteiger partial charge in [0, 0.05) is 44.0 Å². The average Bonchev–Trinajstić information content (AvgIpc) is 2.64. The standard InChI is InChI=1S/C21H24ClNO5/c1-12(2)17-7-13-8-20(28-6-4-5-27-3)16(22)9-14(13)18-10-19(24)15(21(25)26)11-23(17)18/h8-12,17H,4-7H2,1-3H3,(H,25,26). The van der Waals surface area contributed by atoms with Gasteiger partial charge in [-0.2, -0.15) is 0 Å². The molecule has 0 fully saturated rings. The molecule has 0 spiro atoms. The highest BCUT2D eigenvalue weighted by Crippen LogP contribution is 2.41. The number of carboxylic acid groups (broad SMARTS) is 1. The molecule has 0 amide bonds. The van der Waals surface area contributed by atoms with Gasteiger partial charge < -0.3 is 19.1 Å². The van der Waals surface area contributed by atoms with Crippen LogP contribution in [0.1, 0.15) is 42.2 Å². The molecule has 0 saturated heterocycles. The first-order chi connectivity index (χ1) is 13.3. The molecule has 2 aromatic rings. The number of hydrogen-bond acceptors (Lipinski definition) is 4. The third-order valence-corrected chi connectivity index (χ3v) is 5.35. The van der Waals surface area contributed by atoms with Crippen molar-refractivity contribution in [3.8, 4) is 17.0 Å². The summed E-state index contributed by atoms with van der Waals surface area (Å²) in [4.78, 5) is 23.7. The van der Waals surface area contributed by atoms with E-state index in [4.69, 9.17) is 21.1 Å². The second kappa shape index (κ2) is 8.37. The van der Waals surface area contributed by atoms with Crippen LogP contribution in [0.2, 0.25) is 5.02 Å². The van der Waals surface area contributed by atoms with Crippen LogP contribution >= 0.6 is 11.6 Å². The van der Waals surface area contributed by atoms with E-state index in [2.05, 4.69) is 13.8 Å². The van der Waals surface area contributed by atoms with Gasteiger partial charge in [0.15, 0.2) is 5.43 Å². The highest BCUT2D eigenvalue weighted by molar-refractivity contribution is 6.32. The van der Waals surface area contributed by atoms with Gasteiger partial charge in [-0.25, -0.2) is 4.79 Å². The fourth-order valence-electron chi connectivity index (χ4n) is 3.58. The number of rotatable bonds is 7. The number of pyridine rings is 1. The Labute approximate surface area is 168 Å². The van der Waals surface area contributed by atoms with E-state index in [-0.39, 0.29) is 17.5 Å². The van der Waals surface area contributed by atoms with Crippen molar-refractivity contribution in [2.75, 3.05) is 20.3 Å². The number of hydrogen-bond donors (Lipinski definition) is 1. The van der Waals surface area contributed by atoms with Crippen LogP contribution in [0.3, 0.4) is 0 Å². The van der Waals surface area contributed by atoms with E-state index >= 15 is 0 Å². The van der Waals surface area contributed by atoms with Crippen LogP contribution in [0.15, 0.2) is 29.2 Å². The fourth-order valence-corrected chi connectivity index (χ4v) is 3.80. The number of halogens is 1. The summed E-state index contributed by atoms with van der Waals surface area (Å²) in [5.41, 5.74) is 1.82. The maximum absolute atomic E-state index is 12.3. The zero-order valence-corrected chi connectivity index (χ0v) is 17.0. The summed E-state index contributed by atoms with van der Waals surface area (Å²) in [5.74, 6) is -0.360. The molecule has 1 aliphatic heterocycles. The number of benzene rings is 1. The van der Waals surface area contributed by atoms with Gasteiger partial charge in [0.25, 0.3) is 0 Å². The number of carboxylic acids is 1. The van der Waals surface area contributed by atoms with Crippen LogP contribution in [-0.2, 0) is 11.2 Å². The van der Waals surface area contributed by atoms with Crippen molar-refractivity contribution in [3.05, 3.63) is 50.8 Å². The normalized spacial score (nSPS) is 15.2. The molecule has 2 heterocycles. The number of nitrogens with zero attached hydrogens (tertiary/aromatic N) is 1. The van der Waals surface area contributed by atoms with Crippen molar-refractivity contribution in [3.63, 3.8) is 0 Å². The third-order valence-electron chi connectivity index (χ3n) is 5.05. The Bertz CT molecular complexity index is 951. The largest absolute Gasteiger partial charge is 0.492 e. The lowest BCUT2D eigenvalue weighted by Gasteiger charge is -2.33. The Kier molecular flexibility index (Phi) is 6.10. The number of carbonyl (C=O) groups is 1. The summed E-state index contributed by atoms with van der Waals surface area (Å²) in [5, 5.41) is 9.79. The predicted molar refractivity (Wildman–Crippen MR) is 108 cm³/mol. The molecule has 0 radical (unpaired) electrons. The van der Waals surface area contributed by atoms with E-state index in [1.165, 1.54) is 12.3 Å². The Morgan fingerprint density at radius 2 is 2.07 bits per heavy atom. The first-order valence-electron chi connectivity index (χ1n) is 9.27. The van der Waals surface area contributed by atoms with E-state index in [9.17, 15) is 14.7 Å². The highest BCUT2D eigenvalue weighted by Gasteiger charge is 2.28. The predicted octanol–water partition coefficient (Wildman–Crippen LogP) is 4.04. The van der Waals surface area contributed by atoms with Gasteiger partial charge in [-0.3, -0.25) is 4.79 Å². The Hall–Kier alpha value is -2.31. The van der Waals surface area contributed by atoms with Crippen molar-refractivity contribution in [1.82, 2.24) is 4.57 Å². The SMILES string of the molecule is COCCCOc1cc2c(cc1Cl)-c1cc(=O)c(C(=O)O)cn1C(C(C)C)C2. The van der Waals surface area contributed by atoms with Gasteiger partial charge in [0.2, 0.25) is 0 Å². The van der Waals surface area contributed by atoms with Crippen LogP contribution in [0.25, 0.3) is 11.3 Å². The second-order valence-electron chi connectivity index (χ2n) is 7.30. The lowest BCUT2D eigenvalue weighted by molar-refractivity contribution is 0.0694. The fraction of sp³-hybridized carbons (Fsp3) is 0.429. The summed E-state index contributed by atoms with van der Waals surface area (Å²) in [6.07, 6.45) is 2.92. The lowest BCUT2D eigenvalue weighted by Crippen LogP contribution is -2.28. The molecule has 1 unspecified atom stereocenters. The third kappa shape index (κ3) is 3.93. The molecule has 3 rings (SSSR count). The van der Waals surface area contributed by atoms with Gasteiger partial charge in [-0.05, 0) is 30.0 Å². The maximum Gasteiger partial charge on any atom is 0.341 e. The second-order valence-corrected chi connectivity index (χ2v) is 7.71. The maximum atomic E-state index is 12.3. The quantitative estimate of drug-likeness (QED) is 0.703. The summed E-state index contributed by atoms with van der Waals surface area (Å²) in [6.45, 7) is 5.27. The summed E-state index contributed by atoms with van der Waals surface area (Å²) < 4.78 is 12.7. The van der Waals surface area contributed by atoms with Gasteiger partial charge in [0.05, 0.1) is 17.3 Å². The molecule has 28 heavy (non-hydrogen) atoms. The topological polar surface area (TPSA) is 77.8 Å². The van der Waals surface area contributed by atoms with Crippen LogP contribution in [0, 0.1) is 5.92 Å². The van der Waals surface area contributed by atoms with Gasteiger partial charge in [-0.15, -0.1) is 0 Å². The highest BCUT2D eigenvalue weighted by atomic mass is 35.5. The number of ether oxygens (including phenoxy) is 2. The molecule has 0 saturated carbocycles. The molecule has 7 heteroatoms. The van der Waals surface area contributed by atoms with Gasteiger partial charge >= 0.3 is 5.97 Å². The van der Waals surface area contributed by atoms with E-state index in [0.29, 0.717) is 36.1 Å². The molecule has 1 aromatic heterocycles. The molecular formula is C21H24ClNO5. The minimum atomic E-state index is -1.22. The monoisotopic (exact) mass is 405 g/mol. The minimum Gasteiger partial charge on any atom is -0.492 e. The summed E-state index contributed by atoms with van der Waals surface area (Å²) in [7, 11) is 1.65. The number of fused-ring (bicyclic) bond motifs is 3. The molecular weight excluding hydrogens is 382 g/mol. The first kappa shape index (κ1) is 20.4. The van der Waals surface area contributed by atoms with Crippen molar-refractivity contribution in [2.24, 2.45) is 5.92 Å². The number of aromatic carboxylic acids is 1. The molecule has 6 nitrogen and oxygen atoms in total. The average molecular weight is 406 g/mol. The molecule has 1 aliphatic rings. The van der Waals surface area contributed by atoms with E-state index < -0.39 is 11.4 Å². The Morgan fingerprint density at radius 3 is 2.71 bits per heavy atom. The van der Waals surface area contributed by atoms with Gasteiger partial charge in [-0.1, -0.05) is 25.4 Å². The zero-order chi connectivity index (χ0) is 20.4. The molecule has 0 bridgehead atoms. The van der Waals surface area contributed by atoms with Crippen molar-refractivity contribution in [2.45, 2.75) is 32.7 Å². The number of aromatic nitrogens is 1. The van der Waals surface area contributed by atoms with E-state index in [0.717, 1.165) is 17.5 Å². The lowest BCUT2D eigenvalue weighted by atomic mass is 9.87.